The lowest BCUT2D eigenvalue weighted by molar-refractivity contribution is -0.142. The first-order valence-corrected chi connectivity index (χ1v) is 12.3. The number of unbranched alkanes of at least 4 members (excludes halogenated alkanes) is 2. The van der Waals surface area contributed by atoms with Crippen LogP contribution in [0.25, 0.3) is 0 Å². The Kier molecular flexibility index (Phi) is 7.30. The van der Waals surface area contributed by atoms with E-state index in [1.807, 2.05) is 0 Å². The predicted octanol–water partition coefficient (Wildman–Crippen LogP) is 3.53. The van der Waals surface area contributed by atoms with Crippen LogP contribution in [0.4, 0.5) is 5.00 Å². The SMILES string of the molecule is COC(=O)c1c(NC(=O)CCCCCN2C(=O)c3ccccc3C2=O)sc2c1C(C(=O)OC)CC2. The number of fused-ring (bicyclic) bond motifs is 2. The molecule has 0 saturated heterocycles. The van der Waals surface area contributed by atoms with E-state index in [9.17, 15) is 24.0 Å². The lowest BCUT2D eigenvalue weighted by Crippen LogP contribution is -2.30. The molecule has 184 valence electrons. The fraction of sp³-hybridized carbons (Fsp3) is 0.400. The number of ether oxygens (including phenoxy) is 2. The van der Waals surface area contributed by atoms with Gasteiger partial charge in [0, 0.05) is 17.8 Å². The van der Waals surface area contributed by atoms with Crippen LogP contribution in [-0.4, -0.2) is 55.3 Å². The number of hydrogen-bond donors (Lipinski definition) is 1. The Bertz CT molecular complexity index is 1170. The third kappa shape index (κ3) is 4.70. The quantitative estimate of drug-likeness (QED) is 0.319. The Morgan fingerprint density at radius 2 is 1.71 bits per heavy atom. The van der Waals surface area contributed by atoms with Gasteiger partial charge in [0.1, 0.15) is 5.00 Å². The van der Waals surface area contributed by atoms with Gasteiger partial charge < -0.3 is 14.8 Å². The minimum absolute atomic E-state index is 0.214. The maximum absolute atomic E-state index is 12.6. The molecule has 1 aliphatic heterocycles. The molecule has 4 rings (SSSR count). The summed E-state index contributed by atoms with van der Waals surface area (Å²) in [5.74, 6) is -2.39. The second kappa shape index (κ2) is 10.4. The van der Waals surface area contributed by atoms with E-state index in [2.05, 4.69) is 5.32 Å². The number of aryl methyl sites for hydroxylation is 1. The van der Waals surface area contributed by atoms with Crippen LogP contribution in [0.3, 0.4) is 0 Å². The van der Waals surface area contributed by atoms with Crippen molar-refractivity contribution in [3.63, 3.8) is 0 Å². The van der Waals surface area contributed by atoms with Crippen molar-refractivity contribution in [2.45, 2.75) is 44.4 Å². The smallest absolute Gasteiger partial charge is 0.341 e. The molecule has 1 aromatic carbocycles. The monoisotopic (exact) mass is 498 g/mol. The number of hydrogen-bond acceptors (Lipinski definition) is 8. The fourth-order valence-electron chi connectivity index (χ4n) is 4.60. The van der Waals surface area contributed by atoms with Gasteiger partial charge in [-0.05, 0) is 43.4 Å². The largest absolute Gasteiger partial charge is 0.469 e. The summed E-state index contributed by atoms with van der Waals surface area (Å²) >= 11 is 1.29. The molecule has 1 unspecified atom stereocenters. The van der Waals surface area contributed by atoms with E-state index in [1.54, 1.807) is 24.3 Å². The molecule has 9 nitrogen and oxygen atoms in total. The van der Waals surface area contributed by atoms with E-state index in [0.29, 0.717) is 60.3 Å². The highest BCUT2D eigenvalue weighted by atomic mass is 32.1. The first-order valence-electron chi connectivity index (χ1n) is 11.4. The van der Waals surface area contributed by atoms with Crippen LogP contribution in [0.1, 0.15) is 79.5 Å². The molecule has 1 atom stereocenters. The highest BCUT2D eigenvalue weighted by molar-refractivity contribution is 7.17. The van der Waals surface area contributed by atoms with Gasteiger partial charge in [-0.15, -0.1) is 11.3 Å². The highest BCUT2D eigenvalue weighted by Gasteiger charge is 2.38. The third-order valence-corrected chi connectivity index (χ3v) is 7.50. The summed E-state index contributed by atoms with van der Waals surface area (Å²) < 4.78 is 9.79. The Labute approximate surface area is 206 Å². The van der Waals surface area contributed by atoms with E-state index < -0.39 is 17.9 Å². The predicted molar refractivity (Wildman–Crippen MR) is 128 cm³/mol. The number of carbonyl (C=O) groups is 5. The van der Waals surface area contributed by atoms with Crippen LogP contribution in [0.5, 0.6) is 0 Å². The average Bonchev–Trinajstić information content (AvgIpc) is 3.49. The Hall–Kier alpha value is -3.53. The number of benzene rings is 1. The number of amides is 3. The molecular formula is C25H26N2O7S. The molecule has 0 radical (unpaired) electrons. The lowest BCUT2D eigenvalue weighted by atomic mass is 9.99. The molecule has 10 heteroatoms. The van der Waals surface area contributed by atoms with Gasteiger partial charge in [-0.25, -0.2) is 4.79 Å². The number of nitrogens with zero attached hydrogens (tertiary/aromatic N) is 1. The standard InChI is InChI=1S/C25H26N2O7S/c1-33-24(31)16-11-12-17-19(16)20(25(32)34-2)21(35-17)26-18(28)10-4-3-7-13-27-22(29)14-8-5-6-9-15(14)23(27)30/h5-6,8-9,16H,3-4,7,10-13H2,1-2H3,(H,26,28). The van der Waals surface area contributed by atoms with E-state index in [-0.39, 0.29) is 29.7 Å². The molecule has 1 N–H and O–H groups in total. The van der Waals surface area contributed by atoms with Crippen molar-refractivity contribution in [2.24, 2.45) is 0 Å². The maximum atomic E-state index is 12.6. The zero-order chi connectivity index (χ0) is 25.1. The molecule has 0 spiro atoms. The van der Waals surface area contributed by atoms with Gasteiger partial charge in [0.2, 0.25) is 5.91 Å². The molecular weight excluding hydrogens is 472 g/mol. The number of esters is 2. The first kappa shape index (κ1) is 24.6. The minimum Gasteiger partial charge on any atom is -0.469 e. The van der Waals surface area contributed by atoms with Crippen molar-refractivity contribution in [1.82, 2.24) is 4.90 Å². The molecule has 3 amide bonds. The molecule has 0 bridgehead atoms. The molecule has 1 aromatic heterocycles. The zero-order valence-corrected chi connectivity index (χ0v) is 20.4. The average molecular weight is 499 g/mol. The summed E-state index contributed by atoms with van der Waals surface area (Å²) in [5, 5.41) is 3.18. The topological polar surface area (TPSA) is 119 Å². The van der Waals surface area contributed by atoms with Gasteiger partial charge in [-0.2, -0.15) is 0 Å². The van der Waals surface area contributed by atoms with Gasteiger partial charge in [-0.1, -0.05) is 18.6 Å². The molecule has 0 fully saturated rings. The highest BCUT2D eigenvalue weighted by Crippen LogP contribution is 2.46. The summed E-state index contributed by atoms with van der Waals surface area (Å²) in [5.41, 5.74) is 1.66. The molecule has 1 aliphatic carbocycles. The molecule has 2 heterocycles. The van der Waals surface area contributed by atoms with E-state index in [1.165, 1.54) is 30.5 Å². The number of anilines is 1. The second-order valence-electron chi connectivity index (χ2n) is 8.42. The maximum Gasteiger partial charge on any atom is 0.341 e. The molecule has 0 saturated carbocycles. The normalized spacial score (nSPS) is 16.2. The van der Waals surface area contributed by atoms with Crippen molar-refractivity contribution < 1.29 is 33.4 Å². The number of thiophene rings is 1. The van der Waals surface area contributed by atoms with E-state index >= 15 is 0 Å². The number of nitrogens with one attached hydrogen (secondary N) is 1. The van der Waals surface area contributed by atoms with Crippen LogP contribution in [-0.2, 0) is 25.5 Å². The van der Waals surface area contributed by atoms with Crippen molar-refractivity contribution in [1.29, 1.82) is 0 Å². The summed E-state index contributed by atoms with van der Waals surface area (Å²) in [4.78, 5) is 64.2. The van der Waals surface area contributed by atoms with Gasteiger partial charge >= 0.3 is 11.9 Å². The van der Waals surface area contributed by atoms with Crippen molar-refractivity contribution in [3.8, 4) is 0 Å². The zero-order valence-electron chi connectivity index (χ0n) is 19.5. The van der Waals surface area contributed by atoms with Crippen LogP contribution in [0.2, 0.25) is 0 Å². The molecule has 2 aliphatic rings. The van der Waals surface area contributed by atoms with Gasteiger partial charge in [0.25, 0.3) is 11.8 Å². The van der Waals surface area contributed by atoms with Crippen molar-refractivity contribution in [3.05, 3.63) is 51.4 Å². The second-order valence-corrected chi connectivity index (χ2v) is 9.52. The number of methoxy groups -OCH3 is 2. The van der Waals surface area contributed by atoms with Crippen LogP contribution in [0, 0.1) is 0 Å². The Morgan fingerprint density at radius 1 is 1.03 bits per heavy atom. The van der Waals surface area contributed by atoms with Crippen molar-refractivity contribution >= 4 is 46.0 Å². The van der Waals surface area contributed by atoms with Gasteiger partial charge in [-0.3, -0.25) is 24.1 Å². The van der Waals surface area contributed by atoms with E-state index in [0.717, 1.165) is 4.88 Å². The molecule has 2 aromatic rings. The lowest BCUT2D eigenvalue weighted by Gasteiger charge is -2.13. The summed E-state index contributed by atoms with van der Waals surface area (Å²) in [6.45, 7) is 0.299. The summed E-state index contributed by atoms with van der Waals surface area (Å²) in [6.07, 6.45) is 3.18. The number of carbonyl (C=O) groups excluding carboxylic acids is 5. The number of rotatable bonds is 9. The summed E-state index contributed by atoms with van der Waals surface area (Å²) in [6, 6.07) is 6.76. The third-order valence-electron chi connectivity index (χ3n) is 6.32. The van der Waals surface area contributed by atoms with E-state index in [4.69, 9.17) is 9.47 Å². The molecule has 35 heavy (non-hydrogen) atoms. The number of imide groups is 1. The van der Waals surface area contributed by atoms with Crippen LogP contribution in [0.15, 0.2) is 24.3 Å². The first-order chi connectivity index (χ1) is 16.9. The van der Waals surface area contributed by atoms with Crippen LogP contribution < -0.4 is 5.32 Å². The van der Waals surface area contributed by atoms with Crippen LogP contribution >= 0.6 is 11.3 Å². The van der Waals surface area contributed by atoms with Crippen molar-refractivity contribution in [2.75, 3.05) is 26.1 Å². The summed E-state index contributed by atoms with van der Waals surface area (Å²) in [7, 11) is 2.57. The Balaban J connectivity index is 1.30. The van der Waals surface area contributed by atoms with Gasteiger partial charge in [0.05, 0.1) is 36.8 Å². The van der Waals surface area contributed by atoms with Gasteiger partial charge in [0.15, 0.2) is 0 Å². The Morgan fingerprint density at radius 3 is 2.34 bits per heavy atom. The minimum atomic E-state index is -0.602. The fourth-order valence-corrected chi connectivity index (χ4v) is 5.88.